The topological polar surface area (TPSA) is 29.5 Å². The summed E-state index contributed by atoms with van der Waals surface area (Å²) in [5.41, 5.74) is 1.95. The van der Waals surface area contributed by atoms with Crippen LogP contribution in [0.2, 0.25) is 0 Å². The molecule has 0 saturated heterocycles. The number of hydrogen-bond acceptors (Lipinski definition) is 2. The molecule has 1 aromatic rings. The molecule has 1 aromatic carbocycles. The van der Waals surface area contributed by atoms with E-state index in [0.29, 0.717) is 11.7 Å². The first kappa shape index (κ1) is 13.0. The molecule has 0 N–H and O–H groups in total. The van der Waals surface area contributed by atoms with Crippen LogP contribution in [0.4, 0.5) is 10.5 Å². The minimum Gasteiger partial charge on any atom is -0.495 e. The second kappa shape index (κ2) is 5.34. The first-order valence-corrected chi connectivity index (χ1v) is 5.87. The fourth-order valence-electron chi connectivity index (χ4n) is 1.43. The zero-order valence-corrected chi connectivity index (χ0v) is 11.5. The number of carbonyl (C=O) groups excluding carboxylic acids is 1. The normalized spacial score (nSPS) is 10.4. The highest BCUT2D eigenvalue weighted by Crippen LogP contribution is 2.31. The lowest BCUT2D eigenvalue weighted by Gasteiger charge is -2.18. The van der Waals surface area contributed by atoms with Crippen LogP contribution in [0.1, 0.15) is 25.3 Å². The monoisotopic (exact) mass is 285 g/mol. The van der Waals surface area contributed by atoms with Gasteiger partial charge in [0.15, 0.2) is 0 Å². The highest BCUT2D eigenvalue weighted by atomic mass is 79.9. The van der Waals surface area contributed by atoms with Crippen LogP contribution < -0.4 is 9.64 Å². The van der Waals surface area contributed by atoms with E-state index in [9.17, 15) is 4.79 Å². The fraction of sp³-hybridized carbons (Fsp3) is 0.417. The van der Waals surface area contributed by atoms with E-state index in [1.165, 1.54) is 10.5 Å². The summed E-state index contributed by atoms with van der Waals surface area (Å²) >= 11 is 2.92. The van der Waals surface area contributed by atoms with Crippen LogP contribution in [0, 0.1) is 0 Å². The Kier molecular flexibility index (Phi) is 4.35. The van der Waals surface area contributed by atoms with Crippen molar-refractivity contribution >= 4 is 26.4 Å². The second-order valence-corrected chi connectivity index (χ2v) is 4.58. The quantitative estimate of drug-likeness (QED) is 0.625. The Morgan fingerprint density at radius 1 is 1.44 bits per heavy atom. The Bertz CT molecular complexity index is 391. The highest BCUT2D eigenvalue weighted by Gasteiger charge is 2.13. The van der Waals surface area contributed by atoms with Gasteiger partial charge in [0.25, 0.3) is 4.82 Å². The van der Waals surface area contributed by atoms with Gasteiger partial charge in [-0.1, -0.05) is 19.9 Å². The summed E-state index contributed by atoms with van der Waals surface area (Å²) in [4.78, 5) is 12.5. The summed E-state index contributed by atoms with van der Waals surface area (Å²) in [5, 5.41) is 0. The van der Waals surface area contributed by atoms with Crippen molar-refractivity contribution in [3.8, 4) is 5.75 Å². The molecule has 0 fully saturated rings. The summed E-state index contributed by atoms with van der Waals surface area (Å²) < 4.78 is 5.29. The zero-order chi connectivity index (χ0) is 12.3. The molecule has 0 atom stereocenters. The predicted octanol–water partition coefficient (Wildman–Crippen LogP) is 3.77. The average molecular weight is 286 g/mol. The Hall–Kier alpha value is -1.03. The fourth-order valence-corrected chi connectivity index (χ4v) is 1.62. The summed E-state index contributed by atoms with van der Waals surface area (Å²) in [6.07, 6.45) is 0. The van der Waals surface area contributed by atoms with E-state index in [-0.39, 0.29) is 4.82 Å². The lowest BCUT2D eigenvalue weighted by atomic mass is 10.0. The number of carbonyl (C=O) groups is 1. The van der Waals surface area contributed by atoms with Crippen molar-refractivity contribution in [2.75, 3.05) is 19.1 Å². The molecular formula is C12H16BrNO2. The SMILES string of the molecule is COc1cc(C(C)C)ccc1N(C)C(=O)Br. The Labute approximate surface area is 105 Å². The predicted molar refractivity (Wildman–Crippen MR) is 69.8 cm³/mol. The second-order valence-electron chi connectivity index (χ2n) is 3.90. The van der Waals surface area contributed by atoms with Crippen molar-refractivity contribution in [3.05, 3.63) is 23.8 Å². The standard InChI is InChI=1S/C12H16BrNO2/c1-8(2)9-5-6-10(11(7-9)16-4)14(3)12(13)15/h5-8H,1-4H3. The number of rotatable bonds is 3. The molecule has 0 unspecified atom stereocenters. The largest absolute Gasteiger partial charge is 0.495 e. The third kappa shape index (κ3) is 2.76. The van der Waals surface area contributed by atoms with Crippen LogP contribution in [0.3, 0.4) is 0 Å². The molecule has 0 aliphatic rings. The van der Waals surface area contributed by atoms with Gasteiger partial charge in [0.1, 0.15) is 5.75 Å². The zero-order valence-electron chi connectivity index (χ0n) is 9.95. The summed E-state index contributed by atoms with van der Waals surface area (Å²) in [5.74, 6) is 1.15. The van der Waals surface area contributed by atoms with Gasteiger partial charge in [0, 0.05) is 23.0 Å². The number of hydrogen-bond donors (Lipinski definition) is 0. The molecule has 0 aromatic heterocycles. The third-order valence-electron chi connectivity index (χ3n) is 2.50. The maximum atomic E-state index is 11.2. The summed E-state index contributed by atoms with van der Waals surface area (Å²) in [6.45, 7) is 4.24. The van der Waals surface area contributed by atoms with E-state index >= 15 is 0 Å². The number of nitrogens with zero attached hydrogens (tertiary/aromatic N) is 1. The molecule has 0 bridgehead atoms. The number of ether oxygens (including phenoxy) is 1. The lowest BCUT2D eigenvalue weighted by Crippen LogP contribution is -2.19. The molecule has 0 aliphatic carbocycles. The van der Waals surface area contributed by atoms with Crippen molar-refractivity contribution in [1.29, 1.82) is 0 Å². The van der Waals surface area contributed by atoms with E-state index in [2.05, 4.69) is 29.8 Å². The Morgan fingerprint density at radius 3 is 2.50 bits per heavy atom. The van der Waals surface area contributed by atoms with Crippen LogP contribution in [-0.2, 0) is 0 Å². The van der Waals surface area contributed by atoms with Crippen LogP contribution in [0.15, 0.2) is 18.2 Å². The number of anilines is 1. The number of benzene rings is 1. The minimum atomic E-state index is -0.192. The van der Waals surface area contributed by atoms with Crippen molar-refractivity contribution in [1.82, 2.24) is 0 Å². The number of amides is 1. The van der Waals surface area contributed by atoms with Gasteiger partial charge in [0.2, 0.25) is 0 Å². The lowest BCUT2D eigenvalue weighted by molar-refractivity contribution is 0.266. The molecule has 1 amide bonds. The van der Waals surface area contributed by atoms with Crippen molar-refractivity contribution in [2.24, 2.45) is 0 Å². The maximum Gasteiger partial charge on any atom is 0.293 e. The molecule has 3 nitrogen and oxygen atoms in total. The van der Waals surface area contributed by atoms with Crippen LogP contribution >= 0.6 is 15.9 Å². The Balaban J connectivity index is 3.16. The van der Waals surface area contributed by atoms with Crippen molar-refractivity contribution in [3.63, 3.8) is 0 Å². The van der Waals surface area contributed by atoms with Gasteiger partial charge in [-0.25, -0.2) is 0 Å². The molecule has 0 radical (unpaired) electrons. The Morgan fingerprint density at radius 2 is 2.06 bits per heavy atom. The molecule has 16 heavy (non-hydrogen) atoms. The van der Waals surface area contributed by atoms with E-state index in [1.54, 1.807) is 14.2 Å². The van der Waals surface area contributed by atoms with Gasteiger partial charge >= 0.3 is 0 Å². The summed E-state index contributed by atoms with van der Waals surface area (Å²) in [6, 6.07) is 5.87. The third-order valence-corrected chi connectivity index (χ3v) is 3.03. The molecule has 0 saturated carbocycles. The number of halogens is 1. The van der Waals surface area contributed by atoms with Gasteiger partial charge in [0.05, 0.1) is 12.8 Å². The van der Waals surface area contributed by atoms with Gasteiger partial charge in [-0.05, 0) is 23.6 Å². The minimum absolute atomic E-state index is 0.192. The van der Waals surface area contributed by atoms with Gasteiger partial charge in [-0.2, -0.15) is 0 Å². The average Bonchev–Trinajstić information content (AvgIpc) is 2.26. The maximum absolute atomic E-state index is 11.2. The van der Waals surface area contributed by atoms with Gasteiger partial charge < -0.3 is 9.64 Å². The smallest absolute Gasteiger partial charge is 0.293 e. The van der Waals surface area contributed by atoms with Crippen molar-refractivity contribution < 1.29 is 9.53 Å². The number of methoxy groups -OCH3 is 1. The molecule has 0 heterocycles. The van der Waals surface area contributed by atoms with E-state index < -0.39 is 0 Å². The van der Waals surface area contributed by atoms with Crippen molar-refractivity contribution in [2.45, 2.75) is 19.8 Å². The van der Waals surface area contributed by atoms with Crippen LogP contribution in [0.25, 0.3) is 0 Å². The van der Waals surface area contributed by atoms with E-state index in [4.69, 9.17) is 4.74 Å². The van der Waals surface area contributed by atoms with Crippen LogP contribution in [0.5, 0.6) is 5.75 Å². The molecule has 0 aliphatic heterocycles. The van der Waals surface area contributed by atoms with Crippen LogP contribution in [-0.4, -0.2) is 19.0 Å². The van der Waals surface area contributed by atoms with E-state index in [1.807, 2.05) is 18.2 Å². The first-order valence-electron chi connectivity index (χ1n) is 5.08. The van der Waals surface area contributed by atoms with Gasteiger partial charge in [-0.3, -0.25) is 4.79 Å². The van der Waals surface area contributed by atoms with E-state index in [0.717, 1.165) is 5.69 Å². The molecule has 0 spiro atoms. The molecule has 88 valence electrons. The first-order chi connectivity index (χ1) is 7.47. The highest BCUT2D eigenvalue weighted by molar-refractivity contribution is 9.18. The van der Waals surface area contributed by atoms with Gasteiger partial charge in [-0.15, -0.1) is 0 Å². The molecule has 1 rings (SSSR count). The summed E-state index contributed by atoms with van der Waals surface area (Å²) in [7, 11) is 3.31. The molecule has 4 heteroatoms. The molecular weight excluding hydrogens is 270 g/mol.